The quantitative estimate of drug-likeness (QED) is 0.884. The molecule has 0 spiro atoms. The van der Waals surface area contributed by atoms with Gasteiger partial charge < -0.3 is 9.84 Å². The van der Waals surface area contributed by atoms with Crippen molar-refractivity contribution in [3.8, 4) is 5.75 Å². The van der Waals surface area contributed by atoms with Crippen LogP contribution in [0.2, 0.25) is 5.02 Å². The van der Waals surface area contributed by atoms with Crippen molar-refractivity contribution in [3.05, 3.63) is 44.9 Å². The van der Waals surface area contributed by atoms with Crippen LogP contribution in [0.15, 0.2) is 23.6 Å². The van der Waals surface area contributed by atoms with Gasteiger partial charge in [0, 0.05) is 21.4 Å². The third-order valence-electron chi connectivity index (χ3n) is 3.09. The Labute approximate surface area is 134 Å². The van der Waals surface area contributed by atoms with E-state index in [1.54, 1.807) is 36.5 Å². The summed E-state index contributed by atoms with van der Waals surface area (Å²) >= 11 is 7.54. The zero-order chi connectivity index (χ0) is 15.6. The minimum atomic E-state index is -0.625. The predicted molar refractivity (Wildman–Crippen MR) is 87.2 cm³/mol. The highest BCUT2D eigenvalue weighted by molar-refractivity contribution is 7.09. The number of rotatable bonds is 4. The second-order valence-electron chi connectivity index (χ2n) is 6.02. The van der Waals surface area contributed by atoms with Gasteiger partial charge in [0.1, 0.15) is 17.4 Å². The second kappa shape index (κ2) is 6.34. The fourth-order valence-electron chi connectivity index (χ4n) is 1.84. The number of aliphatic hydroxyl groups excluding tert-OH is 1. The fourth-order valence-corrected chi connectivity index (χ4v) is 2.95. The van der Waals surface area contributed by atoms with Crippen molar-refractivity contribution in [1.82, 2.24) is 4.98 Å². The van der Waals surface area contributed by atoms with Crippen LogP contribution in [-0.4, -0.2) is 10.1 Å². The summed E-state index contributed by atoms with van der Waals surface area (Å²) in [5.41, 5.74) is 1.80. The maximum Gasteiger partial charge on any atom is 0.140 e. The Bertz CT molecular complexity index is 617. The van der Waals surface area contributed by atoms with Crippen molar-refractivity contribution in [2.75, 3.05) is 0 Å². The first-order chi connectivity index (χ1) is 9.77. The summed E-state index contributed by atoms with van der Waals surface area (Å²) in [5.74, 6) is 0.641. The molecule has 3 nitrogen and oxygen atoms in total. The number of halogens is 1. The maximum atomic E-state index is 9.79. The van der Waals surface area contributed by atoms with E-state index in [1.165, 1.54) is 0 Å². The molecule has 0 saturated heterocycles. The Morgan fingerprint density at radius 2 is 2.10 bits per heavy atom. The van der Waals surface area contributed by atoms with E-state index in [0.29, 0.717) is 22.9 Å². The van der Waals surface area contributed by atoms with Crippen LogP contribution < -0.4 is 4.74 Å². The number of aromatic nitrogens is 1. The van der Waals surface area contributed by atoms with Gasteiger partial charge in [-0.05, 0) is 25.1 Å². The minimum Gasteiger partial charge on any atom is -0.486 e. The molecule has 2 rings (SSSR count). The molecule has 114 valence electrons. The molecule has 0 fully saturated rings. The van der Waals surface area contributed by atoms with E-state index in [9.17, 15) is 5.11 Å². The van der Waals surface area contributed by atoms with Crippen molar-refractivity contribution in [2.24, 2.45) is 0 Å². The van der Waals surface area contributed by atoms with Crippen molar-refractivity contribution in [1.29, 1.82) is 0 Å². The molecule has 0 aliphatic carbocycles. The highest BCUT2D eigenvalue weighted by Gasteiger charge is 2.18. The van der Waals surface area contributed by atoms with Crippen molar-refractivity contribution >= 4 is 22.9 Å². The van der Waals surface area contributed by atoms with E-state index in [-0.39, 0.29) is 5.41 Å². The van der Waals surface area contributed by atoms with Crippen LogP contribution in [0.1, 0.15) is 50.1 Å². The van der Waals surface area contributed by atoms with Crippen LogP contribution in [0.5, 0.6) is 5.75 Å². The van der Waals surface area contributed by atoms with Gasteiger partial charge in [-0.2, -0.15) is 0 Å². The number of nitrogens with zero attached hydrogens (tertiary/aromatic N) is 1. The molecule has 0 aliphatic rings. The van der Waals surface area contributed by atoms with Gasteiger partial charge in [0.05, 0.1) is 11.8 Å². The van der Waals surface area contributed by atoms with Crippen molar-refractivity contribution in [3.63, 3.8) is 0 Å². The average Bonchev–Trinajstić information content (AvgIpc) is 2.85. The van der Waals surface area contributed by atoms with E-state index in [4.69, 9.17) is 16.3 Å². The van der Waals surface area contributed by atoms with Gasteiger partial charge in [0.15, 0.2) is 0 Å². The molecule has 0 aliphatic heterocycles. The van der Waals surface area contributed by atoms with Crippen LogP contribution in [-0.2, 0) is 12.0 Å². The zero-order valence-corrected chi connectivity index (χ0v) is 14.3. The summed E-state index contributed by atoms with van der Waals surface area (Å²) in [6, 6.07) is 5.26. The largest absolute Gasteiger partial charge is 0.486 e. The molecule has 1 N–H and O–H groups in total. The molecule has 1 aromatic carbocycles. The first-order valence-electron chi connectivity index (χ1n) is 6.82. The minimum absolute atomic E-state index is 0.0415. The van der Waals surface area contributed by atoms with Crippen molar-refractivity contribution in [2.45, 2.75) is 45.8 Å². The van der Waals surface area contributed by atoms with Gasteiger partial charge in [0.2, 0.25) is 0 Å². The lowest BCUT2D eigenvalue weighted by Crippen LogP contribution is -2.11. The molecule has 0 bridgehead atoms. The van der Waals surface area contributed by atoms with Gasteiger partial charge in [0.25, 0.3) is 0 Å². The van der Waals surface area contributed by atoms with Gasteiger partial charge >= 0.3 is 0 Å². The van der Waals surface area contributed by atoms with Gasteiger partial charge in [-0.25, -0.2) is 4.98 Å². The lowest BCUT2D eigenvalue weighted by Gasteiger charge is -2.14. The first-order valence-corrected chi connectivity index (χ1v) is 8.08. The van der Waals surface area contributed by atoms with Crippen LogP contribution >= 0.6 is 22.9 Å². The molecule has 2 aromatic rings. The molecule has 1 heterocycles. The Morgan fingerprint density at radius 3 is 2.67 bits per heavy atom. The highest BCUT2D eigenvalue weighted by Crippen LogP contribution is 2.30. The Hall–Kier alpha value is -1.10. The van der Waals surface area contributed by atoms with Crippen molar-refractivity contribution < 1.29 is 9.84 Å². The summed E-state index contributed by atoms with van der Waals surface area (Å²) in [6.45, 7) is 8.49. The molecule has 0 saturated carbocycles. The maximum absolute atomic E-state index is 9.79. The molecule has 1 unspecified atom stereocenters. The Balaban J connectivity index is 2.12. The first kappa shape index (κ1) is 16.3. The summed E-state index contributed by atoms with van der Waals surface area (Å²) in [4.78, 5) is 4.59. The number of thiazole rings is 1. The number of hydrogen-bond donors (Lipinski definition) is 1. The molecule has 1 aromatic heterocycles. The molecular formula is C16H20ClNO2S. The van der Waals surface area contributed by atoms with Gasteiger partial charge in [-0.15, -0.1) is 11.3 Å². The van der Waals surface area contributed by atoms with E-state index in [1.807, 2.05) is 0 Å². The molecule has 1 atom stereocenters. The summed E-state index contributed by atoms with van der Waals surface area (Å²) in [5, 5.41) is 13.4. The van der Waals surface area contributed by atoms with Crippen LogP contribution in [0.25, 0.3) is 0 Å². The summed E-state index contributed by atoms with van der Waals surface area (Å²) in [6.07, 6.45) is -0.625. The lowest BCUT2D eigenvalue weighted by atomic mass is 9.93. The molecule has 5 heteroatoms. The SMILES string of the molecule is CC(O)c1cc(Cl)ccc1OCc1nc(C(C)(C)C)cs1. The Kier molecular flexibility index (Phi) is 4.91. The number of hydrogen-bond acceptors (Lipinski definition) is 4. The van der Waals surface area contributed by atoms with E-state index in [0.717, 1.165) is 10.7 Å². The third kappa shape index (κ3) is 4.19. The van der Waals surface area contributed by atoms with E-state index < -0.39 is 6.10 Å². The summed E-state index contributed by atoms with van der Waals surface area (Å²) in [7, 11) is 0. The molecular weight excluding hydrogens is 306 g/mol. The smallest absolute Gasteiger partial charge is 0.140 e. The van der Waals surface area contributed by atoms with Crippen LogP contribution in [0, 0.1) is 0 Å². The number of aliphatic hydroxyl groups is 1. The van der Waals surface area contributed by atoms with Crippen LogP contribution in [0.4, 0.5) is 0 Å². The number of ether oxygens (including phenoxy) is 1. The average molecular weight is 326 g/mol. The topological polar surface area (TPSA) is 42.4 Å². The monoisotopic (exact) mass is 325 g/mol. The number of benzene rings is 1. The van der Waals surface area contributed by atoms with Crippen LogP contribution in [0.3, 0.4) is 0 Å². The standard InChI is InChI=1S/C16H20ClNO2S/c1-10(19)12-7-11(17)5-6-13(12)20-8-15-18-14(9-21-15)16(2,3)4/h5-7,9-10,19H,8H2,1-4H3. The van der Waals surface area contributed by atoms with E-state index >= 15 is 0 Å². The summed E-state index contributed by atoms with van der Waals surface area (Å²) < 4.78 is 5.79. The normalized spacial score (nSPS) is 13.2. The zero-order valence-electron chi connectivity index (χ0n) is 12.7. The second-order valence-corrected chi connectivity index (χ2v) is 7.40. The Morgan fingerprint density at radius 1 is 1.38 bits per heavy atom. The van der Waals surface area contributed by atoms with E-state index in [2.05, 4.69) is 31.1 Å². The lowest BCUT2D eigenvalue weighted by molar-refractivity contribution is 0.190. The fraction of sp³-hybridized carbons (Fsp3) is 0.438. The predicted octanol–water partition coefficient (Wildman–Crippen LogP) is 4.73. The van der Waals surface area contributed by atoms with Gasteiger partial charge in [-0.3, -0.25) is 0 Å². The molecule has 0 amide bonds. The molecule has 0 radical (unpaired) electrons. The molecule has 21 heavy (non-hydrogen) atoms. The van der Waals surface area contributed by atoms with Gasteiger partial charge in [-0.1, -0.05) is 32.4 Å². The highest BCUT2D eigenvalue weighted by atomic mass is 35.5. The third-order valence-corrected chi connectivity index (χ3v) is 4.15.